The Labute approximate surface area is 133 Å². The molecular weight excluding hydrogens is 303 g/mol. The molecule has 1 fully saturated rings. The number of nitrogens with zero attached hydrogens (tertiary/aromatic N) is 2. The number of nitrogen functional groups attached to an aromatic ring is 1. The summed E-state index contributed by atoms with van der Waals surface area (Å²) in [5.41, 5.74) is 7.20. The first-order chi connectivity index (χ1) is 10.9. The summed E-state index contributed by atoms with van der Waals surface area (Å²) >= 11 is 0. The van der Waals surface area contributed by atoms with Crippen LogP contribution in [0.4, 0.5) is 30.2 Å². The second-order valence-corrected chi connectivity index (χ2v) is 5.58. The van der Waals surface area contributed by atoms with Gasteiger partial charge in [-0.1, -0.05) is 18.2 Å². The van der Waals surface area contributed by atoms with Gasteiger partial charge in [-0.05, 0) is 30.3 Å². The third kappa shape index (κ3) is 3.36. The van der Waals surface area contributed by atoms with Gasteiger partial charge in [0.05, 0.1) is 16.9 Å². The van der Waals surface area contributed by atoms with Crippen molar-refractivity contribution >= 4 is 17.1 Å². The van der Waals surface area contributed by atoms with Crippen molar-refractivity contribution < 1.29 is 13.2 Å². The molecule has 1 heterocycles. The van der Waals surface area contributed by atoms with Crippen LogP contribution in [0.1, 0.15) is 5.56 Å². The van der Waals surface area contributed by atoms with E-state index in [0.29, 0.717) is 24.5 Å². The van der Waals surface area contributed by atoms with Gasteiger partial charge in [0.25, 0.3) is 0 Å². The molecule has 2 aromatic rings. The Kier molecular flexibility index (Phi) is 4.07. The predicted octanol–water partition coefficient (Wildman–Crippen LogP) is 3.61. The number of alkyl halides is 3. The Morgan fingerprint density at radius 2 is 1.43 bits per heavy atom. The van der Waals surface area contributed by atoms with Crippen LogP contribution in [0, 0.1) is 0 Å². The zero-order valence-electron chi connectivity index (χ0n) is 12.6. The second kappa shape index (κ2) is 6.02. The molecule has 6 heteroatoms. The van der Waals surface area contributed by atoms with Gasteiger partial charge in [0, 0.05) is 31.9 Å². The van der Waals surface area contributed by atoms with Crippen LogP contribution in [0.2, 0.25) is 0 Å². The summed E-state index contributed by atoms with van der Waals surface area (Å²) in [4.78, 5) is 4.14. The van der Waals surface area contributed by atoms with Crippen molar-refractivity contribution in [3.05, 3.63) is 54.1 Å². The zero-order valence-corrected chi connectivity index (χ0v) is 12.6. The van der Waals surface area contributed by atoms with Gasteiger partial charge in [-0.15, -0.1) is 0 Å². The number of anilines is 3. The van der Waals surface area contributed by atoms with Gasteiger partial charge in [-0.2, -0.15) is 13.2 Å². The number of halogens is 3. The standard InChI is InChI=1S/C17H18F3N3/c18-17(19,20)13-6-7-15(21)16(12-13)23-10-8-22(9-11-23)14-4-2-1-3-5-14/h1-7,12H,8-11,21H2. The van der Waals surface area contributed by atoms with Crippen molar-refractivity contribution in [2.45, 2.75) is 6.18 Å². The van der Waals surface area contributed by atoms with Gasteiger partial charge in [-0.25, -0.2) is 0 Å². The van der Waals surface area contributed by atoms with Gasteiger partial charge in [0.1, 0.15) is 0 Å². The summed E-state index contributed by atoms with van der Waals surface area (Å²) in [6.45, 7) is 2.78. The number of benzene rings is 2. The summed E-state index contributed by atoms with van der Waals surface area (Å²) in [6, 6.07) is 13.5. The molecule has 2 aromatic carbocycles. The first kappa shape index (κ1) is 15.5. The van der Waals surface area contributed by atoms with E-state index in [0.717, 1.165) is 30.9 Å². The molecule has 0 atom stereocenters. The van der Waals surface area contributed by atoms with Crippen LogP contribution in [0.25, 0.3) is 0 Å². The Balaban J connectivity index is 1.75. The minimum Gasteiger partial charge on any atom is -0.397 e. The summed E-state index contributed by atoms with van der Waals surface area (Å²) in [7, 11) is 0. The number of nitrogens with two attached hydrogens (primary N) is 1. The summed E-state index contributed by atoms with van der Waals surface area (Å²) in [5, 5.41) is 0. The lowest BCUT2D eigenvalue weighted by molar-refractivity contribution is -0.137. The van der Waals surface area contributed by atoms with Crippen molar-refractivity contribution in [2.75, 3.05) is 41.7 Å². The first-order valence-electron chi connectivity index (χ1n) is 7.47. The van der Waals surface area contributed by atoms with Crippen molar-refractivity contribution in [1.29, 1.82) is 0 Å². The smallest absolute Gasteiger partial charge is 0.397 e. The maximum atomic E-state index is 12.9. The van der Waals surface area contributed by atoms with Crippen LogP contribution < -0.4 is 15.5 Å². The quantitative estimate of drug-likeness (QED) is 0.858. The van der Waals surface area contributed by atoms with Crippen LogP contribution >= 0.6 is 0 Å². The van der Waals surface area contributed by atoms with Crippen LogP contribution in [-0.4, -0.2) is 26.2 Å². The average Bonchev–Trinajstić information content (AvgIpc) is 2.55. The lowest BCUT2D eigenvalue weighted by Crippen LogP contribution is -2.46. The van der Waals surface area contributed by atoms with E-state index in [2.05, 4.69) is 4.90 Å². The number of hydrogen-bond acceptors (Lipinski definition) is 3. The third-order valence-corrected chi connectivity index (χ3v) is 4.10. The van der Waals surface area contributed by atoms with Gasteiger partial charge in [0.15, 0.2) is 0 Å². The van der Waals surface area contributed by atoms with Crippen LogP contribution in [0.15, 0.2) is 48.5 Å². The molecule has 3 rings (SSSR count). The maximum absolute atomic E-state index is 12.9. The molecule has 0 bridgehead atoms. The molecule has 0 spiro atoms. The van der Waals surface area contributed by atoms with Gasteiger partial charge in [0.2, 0.25) is 0 Å². The molecule has 2 N–H and O–H groups in total. The minimum absolute atomic E-state index is 0.381. The van der Waals surface area contributed by atoms with Crippen molar-refractivity contribution in [3.8, 4) is 0 Å². The summed E-state index contributed by atoms with van der Waals surface area (Å²) in [6.07, 6.45) is -4.35. The molecule has 3 nitrogen and oxygen atoms in total. The molecule has 122 valence electrons. The van der Waals surface area contributed by atoms with E-state index >= 15 is 0 Å². The van der Waals surface area contributed by atoms with Crippen LogP contribution in [0.3, 0.4) is 0 Å². The first-order valence-corrected chi connectivity index (χ1v) is 7.47. The molecule has 0 radical (unpaired) electrons. The molecule has 1 aliphatic rings. The molecule has 1 saturated heterocycles. The van der Waals surface area contributed by atoms with Gasteiger partial charge in [-0.3, -0.25) is 0 Å². The average molecular weight is 321 g/mol. The van der Waals surface area contributed by atoms with E-state index in [1.807, 2.05) is 35.2 Å². The molecular formula is C17H18F3N3. The van der Waals surface area contributed by atoms with Gasteiger partial charge >= 0.3 is 6.18 Å². The van der Waals surface area contributed by atoms with E-state index in [1.54, 1.807) is 0 Å². The third-order valence-electron chi connectivity index (χ3n) is 4.10. The highest BCUT2D eigenvalue weighted by Gasteiger charge is 2.31. The SMILES string of the molecule is Nc1ccc(C(F)(F)F)cc1N1CCN(c2ccccc2)CC1. The lowest BCUT2D eigenvalue weighted by Gasteiger charge is -2.38. The van der Waals surface area contributed by atoms with Crippen molar-refractivity contribution in [2.24, 2.45) is 0 Å². The van der Waals surface area contributed by atoms with Crippen LogP contribution in [0.5, 0.6) is 0 Å². The normalized spacial score (nSPS) is 15.8. The molecule has 1 aliphatic heterocycles. The summed E-state index contributed by atoms with van der Waals surface area (Å²) in [5.74, 6) is 0. The topological polar surface area (TPSA) is 32.5 Å². The minimum atomic E-state index is -4.35. The van der Waals surface area contributed by atoms with E-state index in [1.165, 1.54) is 6.07 Å². The van der Waals surface area contributed by atoms with E-state index < -0.39 is 11.7 Å². The predicted molar refractivity (Wildman–Crippen MR) is 86.7 cm³/mol. The molecule has 23 heavy (non-hydrogen) atoms. The highest BCUT2D eigenvalue weighted by atomic mass is 19.4. The zero-order chi connectivity index (χ0) is 16.4. The highest BCUT2D eigenvalue weighted by molar-refractivity contribution is 5.69. The molecule has 0 saturated carbocycles. The number of para-hydroxylation sites is 1. The largest absolute Gasteiger partial charge is 0.416 e. The Hall–Kier alpha value is -2.37. The Bertz CT molecular complexity index is 663. The Morgan fingerprint density at radius 1 is 0.826 bits per heavy atom. The highest BCUT2D eigenvalue weighted by Crippen LogP contribution is 2.35. The van der Waals surface area contributed by atoms with E-state index in [-0.39, 0.29) is 0 Å². The fourth-order valence-electron chi connectivity index (χ4n) is 2.84. The number of hydrogen-bond donors (Lipinski definition) is 1. The number of piperazine rings is 1. The fourth-order valence-corrected chi connectivity index (χ4v) is 2.84. The number of rotatable bonds is 2. The monoisotopic (exact) mass is 321 g/mol. The summed E-state index contributed by atoms with van der Waals surface area (Å²) < 4.78 is 38.6. The molecule has 0 amide bonds. The Morgan fingerprint density at radius 3 is 2.04 bits per heavy atom. The van der Waals surface area contributed by atoms with Gasteiger partial charge < -0.3 is 15.5 Å². The molecule has 0 aliphatic carbocycles. The maximum Gasteiger partial charge on any atom is 0.416 e. The lowest BCUT2D eigenvalue weighted by atomic mass is 10.1. The van der Waals surface area contributed by atoms with Crippen molar-refractivity contribution in [1.82, 2.24) is 0 Å². The molecule has 0 aromatic heterocycles. The van der Waals surface area contributed by atoms with E-state index in [9.17, 15) is 13.2 Å². The van der Waals surface area contributed by atoms with Crippen molar-refractivity contribution in [3.63, 3.8) is 0 Å². The second-order valence-electron chi connectivity index (χ2n) is 5.58. The fraction of sp³-hybridized carbons (Fsp3) is 0.294. The van der Waals surface area contributed by atoms with Crippen LogP contribution in [-0.2, 0) is 6.18 Å². The molecule has 0 unspecified atom stereocenters. The van der Waals surface area contributed by atoms with E-state index in [4.69, 9.17) is 5.73 Å².